The van der Waals surface area contributed by atoms with Gasteiger partial charge in [0.15, 0.2) is 0 Å². The van der Waals surface area contributed by atoms with E-state index in [2.05, 4.69) is 0 Å². The van der Waals surface area contributed by atoms with Gasteiger partial charge in [0.05, 0.1) is 0 Å². The van der Waals surface area contributed by atoms with Crippen LogP contribution in [0.3, 0.4) is 0 Å². The standard InChI is InChI=1S/C13H27BN2O4.2ClH/c1-16(2)8-6-11-4-3-10(5-7-14(19)20)9-13(11,15)12(17)18;;/h10-11,19-20H,3-9,15H2,1-2H3,(H,17,18);2*1H/t10-,11?,13?;;/m0../s1. The summed E-state index contributed by atoms with van der Waals surface area (Å²) in [7, 11) is 2.61. The fraction of sp³-hybridized carbons (Fsp3) is 0.923. The van der Waals surface area contributed by atoms with Gasteiger partial charge in [-0.1, -0.05) is 12.8 Å². The first-order valence-electron chi connectivity index (χ1n) is 7.29. The topological polar surface area (TPSA) is 107 Å². The number of halogens is 2. The number of carboxylic acids is 1. The van der Waals surface area contributed by atoms with Gasteiger partial charge in [-0.15, -0.1) is 24.8 Å². The molecule has 1 fully saturated rings. The van der Waals surface area contributed by atoms with E-state index in [1.807, 2.05) is 19.0 Å². The number of carbonyl (C=O) groups is 1. The van der Waals surface area contributed by atoms with Gasteiger partial charge in [-0.25, -0.2) is 0 Å². The molecule has 0 radical (unpaired) electrons. The molecule has 9 heteroatoms. The van der Waals surface area contributed by atoms with Crippen LogP contribution in [0, 0.1) is 11.8 Å². The predicted octanol–water partition coefficient (Wildman–Crippen LogP) is 0.843. The van der Waals surface area contributed by atoms with Gasteiger partial charge in [0, 0.05) is 0 Å². The quantitative estimate of drug-likeness (QED) is 0.502. The van der Waals surface area contributed by atoms with E-state index in [1.54, 1.807) is 0 Å². The Bertz CT molecular complexity index is 337. The van der Waals surface area contributed by atoms with Crippen molar-refractivity contribution in [2.45, 2.75) is 44.0 Å². The van der Waals surface area contributed by atoms with Gasteiger partial charge < -0.3 is 25.8 Å². The van der Waals surface area contributed by atoms with Crippen LogP contribution >= 0.6 is 24.8 Å². The first-order chi connectivity index (χ1) is 9.25. The van der Waals surface area contributed by atoms with Crippen LogP contribution in [0.2, 0.25) is 6.32 Å². The van der Waals surface area contributed by atoms with Gasteiger partial charge in [-0.05, 0) is 58.1 Å². The largest absolute Gasteiger partial charge is 0.480 e. The lowest BCUT2D eigenvalue weighted by molar-refractivity contribution is -0.148. The first kappa shape index (κ1) is 24.2. The molecule has 0 saturated heterocycles. The summed E-state index contributed by atoms with van der Waals surface area (Å²) in [6, 6.07) is 0. The Morgan fingerprint density at radius 2 is 1.86 bits per heavy atom. The number of nitrogens with zero attached hydrogens (tertiary/aromatic N) is 1. The highest BCUT2D eigenvalue weighted by molar-refractivity contribution is 6.40. The molecule has 0 aliphatic heterocycles. The number of rotatable bonds is 7. The second-order valence-corrected chi connectivity index (χ2v) is 6.34. The average Bonchev–Trinajstić information content (AvgIpc) is 2.34. The molecular formula is C13H29BCl2N2O4. The molecule has 1 aliphatic carbocycles. The van der Waals surface area contributed by atoms with Crippen LogP contribution in [0.1, 0.15) is 32.1 Å². The predicted molar refractivity (Wildman–Crippen MR) is 92.7 cm³/mol. The Kier molecular flexibility index (Phi) is 11.8. The summed E-state index contributed by atoms with van der Waals surface area (Å²) in [5.41, 5.74) is 5.00. The molecule has 1 saturated carbocycles. The Balaban J connectivity index is 0. The molecule has 22 heavy (non-hydrogen) atoms. The maximum atomic E-state index is 11.6. The monoisotopic (exact) mass is 358 g/mol. The van der Waals surface area contributed by atoms with Gasteiger partial charge >= 0.3 is 13.1 Å². The summed E-state index contributed by atoms with van der Waals surface area (Å²) in [5.74, 6) is -0.790. The van der Waals surface area contributed by atoms with Crippen molar-refractivity contribution in [3.63, 3.8) is 0 Å². The molecule has 2 unspecified atom stereocenters. The number of nitrogens with two attached hydrogens (primary N) is 1. The summed E-state index contributed by atoms with van der Waals surface area (Å²) in [6.07, 6.45) is 3.81. The molecule has 1 rings (SSSR count). The summed E-state index contributed by atoms with van der Waals surface area (Å²) >= 11 is 0. The van der Waals surface area contributed by atoms with E-state index in [9.17, 15) is 9.90 Å². The minimum atomic E-state index is -1.32. The molecule has 0 aromatic heterocycles. The number of hydrogen-bond donors (Lipinski definition) is 4. The molecule has 5 N–H and O–H groups in total. The fourth-order valence-corrected chi connectivity index (χ4v) is 3.15. The van der Waals surface area contributed by atoms with Crippen LogP contribution in [0.5, 0.6) is 0 Å². The van der Waals surface area contributed by atoms with E-state index in [-0.39, 0.29) is 43.0 Å². The Morgan fingerprint density at radius 1 is 1.27 bits per heavy atom. The Labute approximate surface area is 145 Å². The third-order valence-corrected chi connectivity index (χ3v) is 4.43. The van der Waals surface area contributed by atoms with E-state index in [1.165, 1.54) is 0 Å². The van der Waals surface area contributed by atoms with Crippen LogP contribution < -0.4 is 5.73 Å². The smallest absolute Gasteiger partial charge is 0.451 e. The number of carboxylic acid groups (broad SMARTS) is 1. The number of hydrogen-bond acceptors (Lipinski definition) is 5. The lowest BCUT2D eigenvalue weighted by Gasteiger charge is -2.42. The maximum Gasteiger partial charge on any atom is 0.451 e. The number of aliphatic carboxylic acids is 1. The van der Waals surface area contributed by atoms with Gasteiger partial charge in [0.2, 0.25) is 0 Å². The van der Waals surface area contributed by atoms with Crippen molar-refractivity contribution in [1.29, 1.82) is 0 Å². The molecule has 0 amide bonds. The van der Waals surface area contributed by atoms with Gasteiger partial charge in [0.25, 0.3) is 0 Å². The van der Waals surface area contributed by atoms with E-state index in [0.29, 0.717) is 12.8 Å². The molecule has 0 spiro atoms. The zero-order chi connectivity index (χ0) is 15.3. The van der Waals surface area contributed by atoms with Crippen molar-refractivity contribution in [3.05, 3.63) is 0 Å². The van der Waals surface area contributed by atoms with Crippen LogP contribution in [-0.2, 0) is 4.79 Å². The highest BCUT2D eigenvalue weighted by atomic mass is 35.5. The Morgan fingerprint density at radius 3 is 2.32 bits per heavy atom. The van der Waals surface area contributed by atoms with Crippen molar-refractivity contribution < 1.29 is 19.9 Å². The molecule has 0 aromatic rings. The van der Waals surface area contributed by atoms with E-state index < -0.39 is 18.6 Å². The van der Waals surface area contributed by atoms with E-state index in [4.69, 9.17) is 15.8 Å². The maximum absolute atomic E-state index is 11.6. The van der Waals surface area contributed by atoms with Crippen LogP contribution in [0.25, 0.3) is 0 Å². The molecule has 6 nitrogen and oxygen atoms in total. The first-order valence-corrected chi connectivity index (χ1v) is 7.29. The molecular weight excluding hydrogens is 330 g/mol. The normalized spacial score (nSPS) is 27.7. The molecule has 1 aliphatic rings. The molecule has 0 bridgehead atoms. The molecule has 3 atom stereocenters. The van der Waals surface area contributed by atoms with Crippen LogP contribution in [0.4, 0.5) is 0 Å². The zero-order valence-corrected chi connectivity index (χ0v) is 14.9. The van der Waals surface area contributed by atoms with E-state index >= 15 is 0 Å². The summed E-state index contributed by atoms with van der Waals surface area (Å²) in [5, 5.41) is 27.3. The highest BCUT2D eigenvalue weighted by Crippen LogP contribution is 2.39. The summed E-state index contributed by atoms with van der Waals surface area (Å²) in [4.78, 5) is 13.6. The minimum Gasteiger partial charge on any atom is -0.480 e. The fourth-order valence-electron chi connectivity index (χ4n) is 3.15. The second kappa shape index (κ2) is 10.7. The molecule has 132 valence electrons. The van der Waals surface area contributed by atoms with Crippen LogP contribution in [-0.4, -0.2) is 59.3 Å². The van der Waals surface area contributed by atoms with Crippen molar-refractivity contribution in [2.75, 3.05) is 20.6 Å². The summed E-state index contributed by atoms with van der Waals surface area (Å²) < 4.78 is 0. The van der Waals surface area contributed by atoms with Gasteiger partial charge in [0.1, 0.15) is 5.54 Å². The third kappa shape index (κ3) is 7.02. The third-order valence-electron chi connectivity index (χ3n) is 4.43. The molecule has 0 aromatic carbocycles. The molecule has 0 heterocycles. The van der Waals surface area contributed by atoms with Crippen molar-refractivity contribution in [3.8, 4) is 0 Å². The highest BCUT2D eigenvalue weighted by Gasteiger charge is 2.46. The SMILES string of the molecule is CN(C)CCC1CC[C@@H](CCB(O)O)CC1(N)C(=O)O.Cl.Cl. The Hall–Kier alpha value is -0.0451. The lowest BCUT2D eigenvalue weighted by Crippen LogP contribution is -2.57. The van der Waals surface area contributed by atoms with Crippen molar-refractivity contribution in [2.24, 2.45) is 17.6 Å². The lowest BCUT2D eigenvalue weighted by atomic mass is 9.65. The van der Waals surface area contributed by atoms with Gasteiger partial charge in [-0.3, -0.25) is 4.79 Å². The van der Waals surface area contributed by atoms with Crippen molar-refractivity contribution in [1.82, 2.24) is 4.90 Å². The minimum absolute atomic E-state index is 0. The summed E-state index contributed by atoms with van der Waals surface area (Å²) in [6.45, 7) is 0.830. The average molecular weight is 359 g/mol. The van der Waals surface area contributed by atoms with Gasteiger partial charge in [-0.2, -0.15) is 0 Å². The zero-order valence-electron chi connectivity index (χ0n) is 13.3. The second-order valence-electron chi connectivity index (χ2n) is 6.34. The van der Waals surface area contributed by atoms with Crippen molar-refractivity contribution >= 4 is 37.9 Å². The van der Waals surface area contributed by atoms with E-state index in [0.717, 1.165) is 25.8 Å². The van der Waals surface area contributed by atoms with Crippen LogP contribution in [0.15, 0.2) is 0 Å².